The highest BCUT2D eigenvalue weighted by Crippen LogP contribution is 2.29. The number of aryl methyl sites for hydroxylation is 1. The van der Waals surface area contributed by atoms with E-state index >= 15 is 0 Å². The standard InChI is InChI=1S/C17H18ClNO2/c1-11-7-6-8-13(12(11)2)16(17(20)21-3)19-15-10-5-4-9-14(15)18/h4-10,16,19H,1-3H3. The Labute approximate surface area is 129 Å². The number of halogens is 1. The summed E-state index contributed by atoms with van der Waals surface area (Å²) in [5.41, 5.74) is 3.78. The molecule has 0 heterocycles. The maximum absolute atomic E-state index is 12.2. The zero-order valence-corrected chi connectivity index (χ0v) is 13.1. The van der Waals surface area contributed by atoms with E-state index in [1.54, 1.807) is 6.07 Å². The van der Waals surface area contributed by atoms with Crippen LogP contribution in [-0.4, -0.2) is 13.1 Å². The highest BCUT2D eigenvalue weighted by molar-refractivity contribution is 6.33. The fourth-order valence-corrected chi connectivity index (χ4v) is 2.39. The summed E-state index contributed by atoms with van der Waals surface area (Å²) in [6, 6.07) is 12.6. The third-order valence-electron chi connectivity index (χ3n) is 3.57. The van der Waals surface area contributed by atoms with Gasteiger partial charge in [-0.15, -0.1) is 0 Å². The Morgan fingerprint density at radius 2 is 1.86 bits per heavy atom. The number of para-hydroxylation sites is 1. The largest absolute Gasteiger partial charge is 0.467 e. The van der Waals surface area contributed by atoms with Gasteiger partial charge in [0.1, 0.15) is 0 Å². The molecule has 3 nitrogen and oxygen atoms in total. The van der Waals surface area contributed by atoms with Crippen molar-refractivity contribution in [1.29, 1.82) is 0 Å². The first-order valence-corrected chi connectivity index (χ1v) is 7.07. The molecule has 0 aromatic heterocycles. The number of hydrogen-bond acceptors (Lipinski definition) is 3. The van der Waals surface area contributed by atoms with E-state index in [4.69, 9.17) is 16.3 Å². The Bertz CT molecular complexity index is 655. The van der Waals surface area contributed by atoms with Crippen molar-refractivity contribution >= 4 is 23.3 Å². The lowest BCUT2D eigenvalue weighted by atomic mass is 9.97. The van der Waals surface area contributed by atoms with E-state index in [2.05, 4.69) is 5.32 Å². The van der Waals surface area contributed by atoms with Crippen LogP contribution in [0.5, 0.6) is 0 Å². The van der Waals surface area contributed by atoms with Gasteiger partial charge in [-0.1, -0.05) is 41.9 Å². The smallest absolute Gasteiger partial charge is 0.332 e. The number of carbonyl (C=O) groups is 1. The van der Waals surface area contributed by atoms with Crippen LogP contribution in [0.2, 0.25) is 5.02 Å². The van der Waals surface area contributed by atoms with E-state index in [-0.39, 0.29) is 5.97 Å². The number of esters is 1. The van der Waals surface area contributed by atoms with Gasteiger partial charge >= 0.3 is 5.97 Å². The van der Waals surface area contributed by atoms with Gasteiger partial charge in [0.25, 0.3) is 0 Å². The van der Waals surface area contributed by atoms with Crippen molar-refractivity contribution in [3.63, 3.8) is 0 Å². The van der Waals surface area contributed by atoms with Crippen LogP contribution in [0.4, 0.5) is 5.69 Å². The molecule has 0 aliphatic heterocycles. The van der Waals surface area contributed by atoms with E-state index in [0.29, 0.717) is 10.7 Å². The summed E-state index contributed by atoms with van der Waals surface area (Å²) in [7, 11) is 1.38. The number of rotatable bonds is 4. The molecule has 110 valence electrons. The van der Waals surface area contributed by atoms with Crippen LogP contribution in [0, 0.1) is 13.8 Å². The predicted octanol–water partition coefficient (Wildman–Crippen LogP) is 4.28. The average molecular weight is 304 g/mol. The van der Waals surface area contributed by atoms with E-state index in [1.807, 2.05) is 50.2 Å². The minimum Gasteiger partial charge on any atom is -0.467 e. The minimum absolute atomic E-state index is 0.344. The quantitative estimate of drug-likeness (QED) is 0.857. The second kappa shape index (κ2) is 6.64. The van der Waals surface area contributed by atoms with E-state index < -0.39 is 6.04 Å². The van der Waals surface area contributed by atoms with Crippen molar-refractivity contribution in [1.82, 2.24) is 0 Å². The van der Waals surface area contributed by atoms with Crippen LogP contribution in [0.3, 0.4) is 0 Å². The van der Waals surface area contributed by atoms with Gasteiger partial charge in [-0.3, -0.25) is 0 Å². The van der Waals surface area contributed by atoms with E-state index in [9.17, 15) is 4.79 Å². The third-order valence-corrected chi connectivity index (χ3v) is 3.90. The molecule has 0 saturated heterocycles. The molecule has 0 amide bonds. The molecular weight excluding hydrogens is 286 g/mol. The lowest BCUT2D eigenvalue weighted by molar-refractivity contribution is -0.141. The molecule has 0 radical (unpaired) electrons. The molecule has 0 spiro atoms. The number of benzene rings is 2. The zero-order chi connectivity index (χ0) is 15.4. The summed E-state index contributed by atoms with van der Waals surface area (Å²) < 4.78 is 4.93. The number of ether oxygens (including phenoxy) is 1. The molecule has 0 bridgehead atoms. The highest BCUT2D eigenvalue weighted by Gasteiger charge is 2.24. The SMILES string of the molecule is COC(=O)C(Nc1ccccc1Cl)c1cccc(C)c1C. The van der Waals surface area contributed by atoms with Gasteiger partial charge < -0.3 is 10.1 Å². The number of nitrogens with one attached hydrogen (secondary N) is 1. The average Bonchev–Trinajstić information content (AvgIpc) is 2.49. The van der Waals surface area contributed by atoms with Crippen molar-refractivity contribution in [3.8, 4) is 0 Å². The first-order valence-electron chi connectivity index (χ1n) is 6.69. The van der Waals surface area contributed by atoms with Gasteiger partial charge in [-0.2, -0.15) is 0 Å². The molecule has 2 aromatic rings. The van der Waals surface area contributed by atoms with Crippen LogP contribution in [-0.2, 0) is 9.53 Å². The molecule has 0 aliphatic carbocycles. The summed E-state index contributed by atoms with van der Waals surface area (Å²) >= 11 is 6.16. The first kappa shape index (κ1) is 15.4. The fourth-order valence-electron chi connectivity index (χ4n) is 2.20. The minimum atomic E-state index is -0.588. The van der Waals surface area contributed by atoms with Crippen molar-refractivity contribution in [2.45, 2.75) is 19.9 Å². The van der Waals surface area contributed by atoms with Gasteiger partial charge in [0.05, 0.1) is 17.8 Å². The Morgan fingerprint density at radius 3 is 2.52 bits per heavy atom. The Morgan fingerprint density at radius 1 is 1.14 bits per heavy atom. The van der Waals surface area contributed by atoms with Gasteiger partial charge in [0, 0.05) is 0 Å². The normalized spacial score (nSPS) is 11.8. The van der Waals surface area contributed by atoms with Gasteiger partial charge in [0.15, 0.2) is 6.04 Å². The molecule has 21 heavy (non-hydrogen) atoms. The monoisotopic (exact) mass is 303 g/mol. The molecule has 0 saturated carbocycles. The Hall–Kier alpha value is -2.00. The fraction of sp³-hybridized carbons (Fsp3) is 0.235. The lowest BCUT2D eigenvalue weighted by Crippen LogP contribution is -2.23. The molecule has 4 heteroatoms. The number of hydrogen-bond donors (Lipinski definition) is 1. The first-order chi connectivity index (χ1) is 10.0. The van der Waals surface area contributed by atoms with Crippen molar-refractivity contribution in [2.24, 2.45) is 0 Å². The zero-order valence-electron chi connectivity index (χ0n) is 12.3. The van der Waals surface area contributed by atoms with Crippen LogP contribution in [0.25, 0.3) is 0 Å². The third kappa shape index (κ3) is 3.37. The summed E-state index contributed by atoms with van der Waals surface area (Å²) in [6.45, 7) is 4.01. The van der Waals surface area contributed by atoms with Gasteiger partial charge in [-0.05, 0) is 42.7 Å². The number of carbonyl (C=O) groups excluding carboxylic acids is 1. The molecule has 1 unspecified atom stereocenters. The predicted molar refractivity (Wildman–Crippen MR) is 85.7 cm³/mol. The molecule has 0 fully saturated rings. The van der Waals surface area contributed by atoms with Crippen molar-refractivity contribution in [3.05, 3.63) is 64.2 Å². The molecule has 1 atom stereocenters. The maximum Gasteiger partial charge on any atom is 0.332 e. The van der Waals surface area contributed by atoms with Crippen LogP contribution < -0.4 is 5.32 Å². The number of anilines is 1. The molecular formula is C17H18ClNO2. The molecule has 2 rings (SSSR count). The van der Waals surface area contributed by atoms with E-state index in [0.717, 1.165) is 16.7 Å². The summed E-state index contributed by atoms with van der Waals surface area (Å²) in [5.74, 6) is -0.344. The second-order valence-corrected chi connectivity index (χ2v) is 5.28. The summed E-state index contributed by atoms with van der Waals surface area (Å²) in [5, 5.41) is 3.74. The molecule has 1 N–H and O–H groups in total. The van der Waals surface area contributed by atoms with Gasteiger partial charge in [-0.25, -0.2) is 4.79 Å². The highest BCUT2D eigenvalue weighted by atomic mass is 35.5. The lowest BCUT2D eigenvalue weighted by Gasteiger charge is -2.21. The Kier molecular flexibility index (Phi) is 4.86. The summed E-state index contributed by atoms with van der Waals surface area (Å²) in [4.78, 5) is 12.2. The number of methoxy groups -OCH3 is 1. The topological polar surface area (TPSA) is 38.3 Å². The van der Waals surface area contributed by atoms with Crippen molar-refractivity contribution in [2.75, 3.05) is 12.4 Å². The van der Waals surface area contributed by atoms with Crippen molar-refractivity contribution < 1.29 is 9.53 Å². The van der Waals surface area contributed by atoms with Crippen LogP contribution in [0.1, 0.15) is 22.7 Å². The second-order valence-electron chi connectivity index (χ2n) is 4.87. The van der Waals surface area contributed by atoms with Gasteiger partial charge in [0.2, 0.25) is 0 Å². The van der Waals surface area contributed by atoms with E-state index in [1.165, 1.54) is 7.11 Å². The summed E-state index contributed by atoms with van der Waals surface area (Å²) in [6.07, 6.45) is 0. The molecule has 0 aliphatic rings. The maximum atomic E-state index is 12.2. The van der Waals surface area contributed by atoms with Crippen LogP contribution in [0.15, 0.2) is 42.5 Å². The van der Waals surface area contributed by atoms with Crippen LogP contribution >= 0.6 is 11.6 Å². The molecule has 2 aromatic carbocycles. The Balaban J connectivity index is 2.42.